The predicted octanol–water partition coefficient (Wildman–Crippen LogP) is 6.03. The molecule has 4 N–H and O–H groups in total. The topological polar surface area (TPSA) is 189 Å². The van der Waals surface area contributed by atoms with Crippen LogP contribution in [0, 0.1) is 0 Å². The lowest BCUT2D eigenvalue weighted by Crippen LogP contribution is -2.71. The molecule has 314 valence electrons. The van der Waals surface area contributed by atoms with Gasteiger partial charge in [0.05, 0.1) is 5.56 Å². The molecule has 14 nitrogen and oxygen atoms in total. The fourth-order valence-corrected chi connectivity index (χ4v) is 8.82. The number of carbonyl (C=O) groups excluding carboxylic acids is 4. The number of fused-ring (bicyclic) bond motifs is 1. The van der Waals surface area contributed by atoms with E-state index >= 15 is 0 Å². The molecule has 0 radical (unpaired) electrons. The molecular weight excluding hydrogens is 817 g/mol. The van der Waals surface area contributed by atoms with E-state index < -0.39 is 46.7 Å². The number of amides is 2. The Morgan fingerprint density at radius 3 is 1.89 bits per heavy atom. The maximum atomic E-state index is 14.1. The zero-order chi connectivity index (χ0) is 43.4. The van der Waals surface area contributed by atoms with Gasteiger partial charge in [-0.3, -0.25) is 19.3 Å². The van der Waals surface area contributed by atoms with Crippen molar-refractivity contribution < 1.29 is 38.7 Å². The van der Waals surface area contributed by atoms with Gasteiger partial charge in [0, 0.05) is 23.6 Å². The number of rotatable bonds is 15. The molecule has 5 aromatic rings. The van der Waals surface area contributed by atoms with Crippen molar-refractivity contribution in [2.45, 2.75) is 37.7 Å². The van der Waals surface area contributed by atoms with Gasteiger partial charge in [-0.05, 0) is 41.9 Å². The monoisotopic (exact) mass is 860 g/mol. The molecule has 2 aliphatic rings. The number of hydrogen-bond acceptors (Lipinski definition) is 13. The maximum Gasteiger partial charge on any atom is 0.365 e. The van der Waals surface area contributed by atoms with E-state index in [1.165, 1.54) is 42.2 Å². The van der Waals surface area contributed by atoms with Crippen LogP contribution in [0.2, 0.25) is 0 Å². The first-order valence-electron chi connectivity index (χ1n) is 19.4. The molecule has 0 aliphatic carbocycles. The van der Waals surface area contributed by atoms with E-state index in [2.05, 4.69) is 35.0 Å². The van der Waals surface area contributed by atoms with Gasteiger partial charge in [0.2, 0.25) is 0 Å². The molecule has 0 spiro atoms. The fraction of sp³-hybridized carbons (Fsp3) is 0.222. The Morgan fingerprint density at radius 1 is 0.852 bits per heavy atom. The molecule has 2 aliphatic heterocycles. The van der Waals surface area contributed by atoms with E-state index in [9.17, 15) is 29.1 Å². The van der Waals surface area contributed by atoms with Gasteiger partial charge >= 0.3 is 17.9 Å². The second-order valence-corrected chi connectivity index (χ2v) is 15.5. The Morgan fingerprint density at radius 2 is 1.39 bits per heavy atom. The molecule has 2 amide bonds. The minimum absolute atomic E-state index is 0.0497. The summed E-state index contributed by atoms with van der Waals surface area (Å²) in [7, 11) is 0. The smallest absolute Gasteiger partial charge is 0.365 e. The summed E-state index contributed by atoms with van der Waals surface area (Å²) in [5, 5.41) is 24.6. The van der Waals surface area contributed by atoms with Gasteiger partial charge in [0.1, 0.15) is 35.0 Å². The Bertz CT molecular complexity index is 2300. The molecule has 0 saturated carbocycles. The number of aliphatic carboxylic acids is 1. The average Bonchev–Trinajstić information content (AvgIpc) is 3.75. The number of anilines is 1. The van der Waals surface area contributed by atoms with Gasteiger partial charge in [-0.15, -0.1) is 23.1 Å². The second kappa shape index (κ2) is 20.6. The van der Waals surface area contributed by atoms with Gasteiger partial charge in [-0.1, -0.05) is 128 Å². The molecule has 4 aromatic carbocycles. The Kier molecular flexibility index (Phi) is 14.8. The number of β-lactam (4-membered cyclic amide) rings is 1. The number of carboxylic acid groups (broad SMARTS) is 1. The summed E-state index contributed by atoms with van der Waals surface area (Å²) in [4.78, 5) is 75.2. The number of carbonyl (C=O) groups is 5. The van der Waals surface area contributed by atoms with Crippen molar-refractivity contribution in [1.29, 1.82) is 0 Å². The fourth-order valence-electron chi connectivity index (χ4n) is 6.74. The Hall–Kier alpha value is -6.62. The molecule has 1 aromatic heterocycles. The third-order valence-corrected chi connectivity index (χ3v) is 11.7. The van der Waals surface area contributed by atoms with E-state index in [0.29, 0.717) is 5.13 Å². The number of nitrogens with one attached hydrogen (secondary N) is 3. The Balaban J connectivity index is 0.00000118. The first-order valence-corrected chi connectivity index (χ1v) is 21.3. The molecule has 16 heteroatoms. The van der Waals surface area contributed by atoms with E-state index in [4.69, 9.17) is 14.6 Å². The number of esters is 1. The largest absolute Gasteiger partial charge is 0.477 e. The van der Waals surface area contributed by atoms with E-state index in [1.54, 1.807) is 23.6 Å². The van der Waals surface area contributed by atoms with Crippen LogP contribution in [0.1, 0.15) is 53.5 Å². The van der Waals surface area contributed by atoms with Crippen LogP contribution in [0.4, 0.5) is 5.13 Å². The summed E-state index contributed by atoms with van der Waals surface area (Å²) >= 11 is 2.40. The van der Waals surface area contributed by atoms with Crippen LogP contribution < -0.4 is 16.0 Å². The van der Waals surface area contributed by atoms with Crippen LogP contribution in [-0.2, 0) is 34.3 Å². The lowest BCUT2D eigenvalue weighted by atomic mass is 9.77. The lowest BCUT2D eigenvalue weighted by Gasteiger charge is -2.49. The minimum Gasteiger partial charge on any atom is -0.477 e. The molecule has 3 heterocycles. The van der Waals surface area contributed by atoms with Gasteiger partial charge in [-0.25, -0.2) is 14.6 Å². The second-order valence-electron chi connectivity index (χ2n) is 13.6. The third kappa shape index (κ3) is 10.1. The van der Waals surface area contributed by atoms with Crippen molar-refractivity contribution in [3.63, 3.8) is 0 Å². The number of aromatic nitrogens is 1. The van der Waals surface area contributed by atoms with Crippen molar-refractivity contribution in [2.75, 3.05) is 30.8 Å². The Labute approximate surface area is 361 Å². The van der Waals surface area contributed by atoms with Gasteiger partial charge < -0.3 is 30.6 Å². The van der Waals surface area contributed by atoms with Crippen molar-refractivity contribution >= 4 is 63.7 Å². The van der Waals surface area contributed by atoms with Gasteiger partial charge in [0.15, 0.2) is 10.8 Å². The van der Waals surface area contributed by atoms with Crippen LogP contribution in [0.15, 0.2) is 143 Å². The summed E-state index contributed by atoms with van der Waals surface area (Å²) in [6, 6.07) is 36.5. The summed E-state index contributed by atoms with van der Waals surface area (Å²) < 4.78 is 5.01. The van der Waals surface area contributed by atoms with Crippen LogP contribution in [0.5, 0.6) is 0 Å². The number of thioether (sulfide) groups is 1. The van der Waals surface area contributed by atoms with E-state index in [-0.39, 0.29) is 40.6 Å². The van der Waals surface area contributed by atoms with Crippen LogP contribution in [0.3, 0.4) is 0 Å². The minimum atomic E-state index is -1.37. The molecular formula is C45H44N6O8S2. The molecule has 7 rings (SSSR count). The van der Waals surface area contributed by atoms with Gasteiger partial charge in [0.25, 0.3) is 11.8 Å². The zero-order valence-electron chi connectivity index (χ0n) is 33.6. The maximum absolute atomic E-state index is 14.1. The van der Waals surface area contributed by atoms with Crippen LogP contribution in [0.25, 0.3) is 0 Å². The van der Waals surface area contributed by atoms with Crippen molar-refractivity contribution in [2.24, 2.45) is 5.16 Å². The number of oxime groups is 1. The SMILES string of the molecule is CC(=O)OCC1=C(C(=O)O)N2C(=O)C(NC(=O)C(=NOC(=O)c3ccccc3)c3csc(NC(c4ccccc4)(c4ccccc4)c4ccccc4)n3)[C@H]2SC1.CCNCC. The number of hydrogen-bond donors (Lipinski definition) is 4. The zero-order valence-corrected chi connectivity index (χ0v) is 35.2. The van der Waals surface area contributed by atoms with Crippen molar-refractivity contribution in [3.8, 4) is 0 Å². The summed E-state index contributed by atoms with van der Waals surface area (Å²) in [6.07, 6.45) is 0. The molecule has 1 saturated heterocycles. The van der Waals surface area contributed by atoms with E-state index in [0.717, 1.165) is 34.7 Å². The highest BCUT2D eigenvalue weighted by atomic mass is 32.2. The normalized spacial score (nSPS) is 16.0. The molecule has 1 unspecified atom stereocenters. The van der Waals surface area contributed by atoms with Crippen LogP contribution >= 0.6 is 23.1 Å². The molecule has 1 fully saturated rings. The van der Waals surface area contributed by atoms with E-state index in [1.807, 2.05) is 91.0 Å². The van der Waals surface area contributed by atoms with Crippen LogP contribution in [-0.4, -0.2) is 87.3 Å². The number of nitrogens with zero attached hydrogens (tertiary/aromatic N) is 3. The number of benzene rings is 4. The molecule has 0 bridgehead atoms. The highest BCUT2D eigenvalue weighted by Gasteiger charge is 2.54. The van der Waals surface area contributed by atoms with Crippen molar-refractivity contribution in [3.05, 3.63) is 166 Å². The molecule has 61 heavy (non-hydrogen) atoms. The predicted molar refractivity (Wildman–Crippen MR) is 234 cm³/mol. The third-order valence-electron chi connectivity index (χ3n) is 9.59. The number of thiazole rings is 1. The number of carboxylic acids is 1. The lowest BCUT2D eigenvalue weighted by molar-refractivity contribution is -0.150. The molecule has 2 atom stereocenters. The number of ether oxygens (including phenoxy) is 1. The highest BCUT2D eigenvalue weighted by Crippen LogP contribution is 2.42. The van der Waals surface area contributed by atoms with Gasteiger partial charge in [-0.2, -0.15) is 0 Å². The summed E-state index contributed by atoms with van der Waals surface area (Å²) in [6.45, 7) is 7.30. The highest BCUT2D eigenvalue weighted by molar-refractivity contribution is 8.00. The summed E-state index contributed by atoms with van der Waals surface area (Å²) in [5.41, 5.74) is 1.61. The van der Waals surface area contributed by atoms with Crippen molar-refractivity contribution in [1.82, 2.24) is 20.5 Å². The first kappa shape index (κ1) is 43.9. The standard InChI is InChI=1S/C41H33N5O8S2.C4H11N/c1-25(47)53-22-27-23-55-37-33(36(49)46(37)34(27)38(50)51)43-35(48)32(45-54-39(52)26-14-6-2-7-15-26)31-24-56-40(42-31)44-41(28-16-8-3-9-17-28,29-18-10-4-11-19-29)30-20-12-5-13-21-30;1-3-5-4-2/h2-21,24,33,37H,22-23H2,1H3,(H,42,44)(H,43,48)(H,50,51);5H,3-4H2,1-2H3/t33?,37-;/m1./s1. The summed E-state index contributed by atoms with van der Waals surface area (Å²) in [5.74, 6) is -4.23. The quantitative estimate of drug-likeness (QED) is 0.0240. The first-order chi connectivity index (χ1) is 29.6. The average molecular weight is 861 g/mol.